The molecule has 1 N–H and O–H groups in total. The molecule has 2 aliphatic rings. The van der Waals surface area contributed by atoms with E-state index >= 15 is 0 Å². The monoisotopic (exact) mass is 318 g/mol. The third-order valence-corrected chi connectivity index (χ3v) is 4.84. The minimum Gasteiger partial charge on any atom is -0.441 e. The molecule has 1 aliphatic heterocycles. The van der Waals surface area contributed by atoms with Crippen LogP contribution in [0.15, 0.2) is 47.1 Å². The van der Waals surface area contributed by atoms with Gasteiger partial charge in [-0.1, -0.05) is 18.2 Å². The molecule has 1 unspecified atom stereocenters. The van der Waals surface area contributed by atoms with Gasteiger partial charge in [-0.15, -0.1) is 0 Å². The zero-order valence-corrected chi connectivity index (χ0v) is 13.3. The van der Waals surface area contributed by atoms with Crippen molar-refractivity contribution < 1.29 is 4.42 Å². The van der Waals surface area contributed by atoms with Gasteiger partial charge in [-0.25, -0.2) is 4.98 Å². The van der Waals surface area contributed by atoms with E-state index in [1.54, 1.807) is 12.4 Å². The van der Waals surface area contributed by atoms with Gasteiger partial charge in [0.2, 0.25) is 5.89 Å². The van der Waals surface area contributed by atoms with Crippen molar-refractivity contribution >= 4 is 0 Å². The minimum absolute atomic E-state index is 0.373. The summed E-state index contributed by atoms with van der Waals surface area (Å²) in [5.74, 6) is 2.13. The summed E-state index contributed by atoms with van der Waals surface area (Å²) in [7, 11) is 0. The maximum atomic E-state index is 6.01. The van der Waals surface area contributed by atoms with E-state index in [0.717, 1.165) is 60.1 Å². The summed E-state index contributed by atoms with van der Waals surface area (Å²) in [6.45, 7) is 1.01. The number of benzene rings is 1. The third-order valence-electron chi connectivity index (χ3n) is 4.84. The molecule has 0 radical (unpaired) electrons. The van der Waals surface area contributed by atoms with Crippen molar-refractivity contribution in [3.63, 3.8) is 0 Å². The first-order valence-electron chi connectivity index (χ1n) is 8.46. The Labute approximate surface area is 140 Å². The van der Waals surface area contributed by atoms with Crippen LogP contribution in [0.2, 0.25) is 0 Å². The molecule has 0 amide bonds. The highest BCUT2D eigenvalue weighted by Gasteiger charge is 2.33. The zero-order chi connectivity index (χ0) is 15.9. The fraction of sp³-hybridized carbons (Fsp3) is 0.316. The Bertz CT molecular complexity index is 870. The Morgan fingerprint density at radius 3 is 2.62 bits per heavy atom. The first kappa shape index (κ1) is 13.9. The summed E-state index contributed by atoms with van der Waals surface area (Å²) in [6.07, 6.45) is 6.42. The Morgan fingerprint density at radius 2 is 1.83 bits per heavy atom. The maximum absolute atomic E-state index is 6.01. The van der Waals surface area contributed by atoms with Crippen molar-refractivity contribution in [3.8, 4) is 11.5 Å². The van der Waals surface area contributed by atoms with Crippen LogP contribution >= 0.6 is 0 Å². The summed E-state index contributed by atoms with van der Waals surface area (Å²) in [4.78, 5) is 14.0. The molecule has 0 saturated carbocycles. The summed E-state index contributed by atoms with van der Waals surface area (Å²) in [5, 5.41) is 3.34. The zero-order valence-electron chi connectivity index (χ0n) is 13.3. The summed E-state index contributed by atoms with van der Waals surface area (Å²) >= 11 is 0. The molecule has 3 aromatic rings. The molecule has 5 heteroatoms. The van der Waals surface area contributed by atoms with Crippen molar-refractivity contribution in [2.45, 2.75) is 31.2 Å². The molecule has 1 aliphatic carbocycles. The number of aryl methyl sites for hydroxylation is 1. The molecule has 1 fully saturated rings. The topological polar surface area (TPSA) is 73.8 Å². The lowest BCUT2D eigenvalue weighted by Gasteiger charge is -2.21. The molecular formula is C19H18N4O. The summed E-state index contributed by atoms with van der Waals surface area (Å²) < 4.78 is 6.01. The maximum Gasteiger partial charge on any atom is 0.226 e. The lowest BCUT2D eigenvalue weighted by molar-refractivity contribution is 0.459. The van der Waals surface area contributed by atoms with Gasteiger partial charge in [-0.05, 0) is 18.6 Å². The Hall–Kier alpha value is -2.53. The number of aromatic nitrogens is 3. The summed E-state index contributed by atoms with van der Waals surface area (Å²) in [6, 6.07) is 10.5. The van der Waals surface area contributed by atoms with Crippen molar-refractivity contribution in [1.29, 1.82) is 0 Å². The quantitative estimate of drug-likeness (QED) is 0.751. The van der Waals surface area contributed by atoms with Crippen LogP contribution in [-0.2, 0) is 12.8 Å². The van der Waals surface area contributed by atoms with Gasteiger partial charge in [-0.3, -0.25) is 9.97 Å². The summed E-state index contributed by atoms with van der Waals surface area (Å²) in [5.41, 5.74) is 4.34. The molecule has 1 aromatic carbocycles. The van der Waals surface area contributed by atoms with Gasteiger partial charge in [0.25, 0.3) is 0 Å². The number of nitrogens with one attached hydrogen (secondary N) is 1. The molecule has 0 bridgehead atoms. The van der Waals surface area contributed by atoms with Crippen molar-refractivity contribution in [2.24, 2.45) is 0 Å². The number of hydrogen-bond acceptors (Lipinski definition) is 5. The molecule has 0 spiro atoms. The van der Waals surface area contributed by atoms with Crippen LogP contribution in [0.25, 0.3) is 11.5 Å². The van der Waals surface area contributed by atoms with Gasteiger partial charge in [0.05, 0.1) is 23.1 Å². The highest BCUT2D eigenvalue weighted by Crippen LogP contribution is 2.37. The average Bonchev–Trinajstić information content (AvgIpc) is 3.40. The van der Waals surface area contributed by atoms with E-state index in [2.05, 4.69) is 15.3 Å². The predicted octanol–water partition coefficient (Wildman–Crippen LogP) is 3.05. The van der Waals surface area contributed by atoms with E-state index < -0.39 is 0 Å². The molecule has 2 atom stereocenters. The van der Waals surface area contributed by atoms with E-state index in [1.807, 2.05) is 30.3 Å². The van der Waals surface area contributed by atoms with Crippen molar-refractivity contribution in [2.75, 3.05) is 6.54 Å². The van der Waals surface area contributed by atoms with Crippen LogP contribution in [0.5, 0.6) is 0 Å². The molecule has 2 aromatic heterocycles. The Balaban J connectivity index is 1.46. The predicted molar refractivity (Wildman–Crippen MR) is 89.5 cm³/mol. The van der Waals surface area contributed by atoms with Gasteiger partial charge >= 0.3 is 0 Å². The standard InChI is InChI=1S/C19H18N4O/c1-2-4-12(5-3-1)19-23-14-10-13(6-7-16(14)24-19)17-18(15-11-22-15)21-9-8-20-17/h1-5,8-9,13,15,22H,6-7,10-11H2/t13?,15-/m1/s1. The van der Waals surface area contributed by atoms with Crippen LogP contribution in [0.1, 0.15) is 41.2 Å². The first-order valence-corrected chi connectivity index (χ1v) is 8.46. The average molecular weight is 318 g/mol. The van der Waals surface area contributed by atoms with Crippen LogP contribution in [-0.4, -0.2) is 21.5 Å². The van der Waals surface area contributed by atoms with Gasteiger partial charge in [0.15, 0.2) is 0 Å². The fourth-order valence-electron chi connectivity index (χ4n) is 3.51. The van der Waals surface area contributed by atoms with Gasteiger partial charge < -0.3 is 9.73 Å². The first-order chi connectivity index (χ1) is 11.9. The van der Waals surface area contributed by atoms with Crippen LogP contribution in [0, 0.1) is 0 Å². The van der Waals surface area contributed by atoms with Crippen LogP contribution in [0.3, 0.4) is 0 Å². The van der Waals surface area contributed by atoms with Crippen molar-refractivity contribution in [3.05, 3.63) is 65.6 Å². The van der Waals surface area contributed by atoms with Crippen LogP contribution < -0.4 is 5.32 Å². The SMILES string of the molecule is c1ccc(-c2nc3c(o2)CCC(c2nccnc2[C@H]2CN2)C3)cc1. The number of hydrogen-bond donors (Lipinski definition) is 1. The highest BCUT2D eigenvalue weighted by molar-refractivity contribution is 5.53. The van der Waals surface area contributed by atoms with E-state index in [1.165, 1.54) is 0 Å². The lowest BCUT2D eigenvalue weighted by Crippen LogP contribution is -2.16. The molecule has 5 rings (SSSR count). The number of rotatable bonds is 3. The molecule has 24 heavy (non-hydrogen) atoms. The lowest BCUT2D eigenvalue weighted by atomic mass is 9.86. The molecular weight excluding hydrogens is 300 g/mol. The van der Waals surface area contributed by atoms with E-state index in [9.17, 15) is 0 Å². The van der Waals surface area contributed by atoms with Crippen molar-refractivity contribution in [1.82, 2.24) is 20.3 Å². The molecule has 1 saturated heterocycles. The van der Waals surface area contributed by atoms with E-state index in [0.29, 0.717) is 12.0 Å². The molecule has 5 nitrogen and oxygen atoms in total. The fourth-order valence-corrected chi connectivity index (χ4v) is 3.51. The van der Waals surface area contributed by atoms with E-state index in [-0.39, 0.29) is 0 Å². The van der Waals surface area contributed by atoms with Gasteiger partial charge in [0.1, 0.15) is 5.76 Å². The number of nitrogens with zero attached hydrogens (tertiary/aromatic N) is 3. The smallest absolute Gasteiger partial charge is 0.226 e. The van der Waals surface area contributed by atoms with Gasteiger partial charge in [-0.2, -0.15) is 0 Å². The largest absolute Gasteiger partial charge is 0.441 e. The number of fused-ring (bicyclic) bond motifs is 1. The molecule has 120 valence electrons. The minimum atomic E-state index is 0.373. The number of oxazole rings is 1. The third kappa shape index (κ3) is 2.41. The molecule has 3 heterocycles. The second-order valence-corrected chi connectivity index (χ2v) is 6.48. The normalized spacial score (nSPS) is 22.2. The second-order valence-electron chi connectivity index (χ2n) is 6.48. The Kier molecular flexibility index (Phi) is 3.19. The van der Waals surface area contributed by atoms with Crippen LogP contribution in [0.4, 0.5) is 0 Å². The Morgan fingerprint density at radius 1 is 1.04 bits per heavy atom. The van der Waals surface area contributed by atoms with Gasteiger partial charge in [0, 0.05) is 43.3 Å². The van der Waals surface area contributed by atoms with E-state index in [4.69, 9.17) is 9.40 Å². The second kappa shape index (κ2) is 5.53. The highest BCUT2D eigenvalue weighted by atomic mass is 16.4.